The Labute approximate surface area is 113 Å². The molecule has 1 atom stereocenters. The highest BCUT2D eigenvalue weighted by Gasteiger charge is 2.14. The number of aryl methyl sites for hydroxylation is 1. The highest BCUT2D eigenvalue weighted by atomic mass is 79.9. The fraction of sp³-hybridized carbons (Fsp3) is 0.364. The third-order valence-corrected chi connectivity index (χ3v) is 3.03. The van der Waals surface area contributed by atoms with E-state index in [1.807, 2.05) is 13.1 Å². The predicted octanol–water partition coefficient (Wildman–Crippen LogP) is 1.61. The molecule has 0 fully saturated rings. The quantitative estimate of drug-likeness (QED) is 0.932. The van der Waals surface area contributed by atoms with Crippen molar-refractivity contribution in [1.29, 1.82) is 0 Å². The van der Waals surface area contributed by atoms with Gasteiger partial charge in [0.05, 0.1) is 7.05 Å². The van der Waals surface area contributed by atoms with Crippen molar-refractivity contribution in [2.45, 2.75) is 12.5 Å². The molecular weight excluding hydrogens is 301 g/mol. The number of hydrogen-bond donors (Lipinski definition) is 1. The first-order chi connectivity index (χ1) is 8.58. The standard InChI is InChI=1S/C11H13BrFN5/c1-14-10(6-11-15-17-18(2)16-11)7-3-8(12)5-9(13)4-7/h3-5,10,14H,6H2,1-2H3. The summed E-state index contributed by atoms with van der Waals surface area (Å²) in [7, 11) is 3.53. The van der Waals surface area contributed by atoms with Crippen LogP contribution in [-0.2, 0) is 13.5 Å². The molecule has 1 heterocycles. The largest absolute Gasteiger partial charge is 0.313 e. The van der Waals surface area contributed by atoms with Gasteiger partial charge in [-0.25, -0.2) is 4.39 Å². The van der Waals surface area contributed by atoms with Crippen LogP contribution in [0.3, 0.4) is 0 Å². The van der Waals surface area contributed by atoms with Crippen molar-refractivity contribution in [1.82, 2.24) is 25.5 Å². The molecule has 0 aliphatic carbocycles. The van der Waals surface area contributed by atoms with Crippen LogP contribution >= 0.6 is 15.9 Å². The Balaban J connectivity index is 2.22. The van der Waals surface area contributed by atoms with Gasteiger partial charge in [-0.3, -0.25) is 0 Å². The minimum absolute atomic E-state index is 0.0544. The van der Waals surface area contributed by atoms with Crippen molar-refractivity contribution in [3.63, 3.8) is 0 Å². The van der Waals surface area contributed by atoms with E-state index in [4.69, 9.17) is 0 Å². The molecule has 0 amide bonds. The normalized spacial score (nSPS) is 12.7. The lowest BCUT2D eigenvalue weighted by atomic mass is 10.0. The predicted molar refractivity (Wildman–Crippen MR) is 68.4 cm³/mol. The molecule has 0 aliphatic heterocycles. The second-order valence-electron chi connectivity index (χ2n) is 3.94. The lowest BCUT2D eigenvalue weighted by molar-refractivity contribution is 0.560. The van der Waals surface area contributed by atoms with Crippen LogP contribution in [0.4, 0.5) is 4.39 Å². The van der Waals surface area contributed by atoms with E-state index in [9.17, 15) is 4.39 Å². The van der Waals surface area contributed by atoms with Gasteiger partial charge in [0.1, 0.15) is 5.82 Å². The van der Waals surface area contributed by atoms with Gasteiger partial charge in [0, 0.05) is 16.9 Å². The molecule has 0 radical (unpaired) electrons. The maximum atomic E-state index is 13.4. The van der Waals surface area contributed by atoms with Crippen LogP contribution in [0.5, 0.6) is 0 Å². The van der Waals surface area contributed by atoms with Gasteiger partial charge in [0.2, 0.25) is 0 Å². The molecule has 7 heteroatoms. The first-order valence-electron chi connectivity index (χ1n) is 5.44. The number of likely N-dealkylation sites (N-methyl/N-ethyl adjacent to an activating group) is 1. The van der Waals surface area contributed by atoms with E-state index >= 15 is 0 Å². The Morgan fingerprint density at radius 2 is 2.22 bits per heavy atom. The molecule has 1 aromatic carbocycles. The number of nitrogens with one attached hydrogen (secondary N) is 1. The minimum atomic E-state index is -0.272. The summed E-state index contributed by atoms with van der Waals surface area (Å²) in [5, 5.41) is 15.0. The smallest absolute Gasteiger partial charge is 0.176 e. The molecule has 1 aromatic heterocycles. The van der Waals surface area contributed by atoms with Crippen molar-refractivity contribution in [3.05, 3.63) is 39.9 Å². The molecule has 2 aromatic rings. The van der Waals surface area contributed by atoms with Gasteiger partial charge in [-0.1, -0.05) is 15.9 Å². The fourth-order valence-electron chi connectivity index (χ4n) is 1.75. The summed E-state index contributed by atoms with van der Waals surface area (Å²) >= 11 is 3.28. The van der Waals surface area contributed by atoms with Crippen molar-refractivity contribution < 1.29 is 4.39 Å². The third kappa shape index (κ3) is 3.11. The van der Waals surface area contributed by atoms with E-state index in [2.05, 4.69) is 36.7 Å². The van der Waals surface area contributed by atoms with E-state index in [-0.39, 0.29) is 11.9 Å². The number of benzene rings is 1. The lowest BCUT2D eigenvalue weighted by Gasteiger charge is -2.15. The zero-order chi connectivity index (χ0) is 13.1. The average Bonchev–Trinajstić information content (AvgIpc) is 2.70. The molecule has 1 N–H and O–H groups in total. The topological polar surface area (TPSA) is 55.6 Å². The van der Waals surface area contributed by atoms with Gasteiger partial charge < -0.3 is 5.32 Å². The molecule has 18 heavy (non-hydrogen) atoms. The maximum absolute atomic E-state index is 13.4. The average molecular weight is 314 g/mol. The van der Waals surface area contributed by atoms with Crippen LogP contribution in [0.1, 0.15) is 17.4 Å². The summed E-state index contributed by atoms with van der Waals surface area (Å²) in [6.07, 6.45) is 0.556. The summed E-state index contributed by atoms with van der Waals surface area (Å²) in [5.74, 6) is 0.351. The van der Waals surface area contributed by atoms with E-state index in [0.29, 0.717) is 16.7 Å². The fourth-order valence-corrected chi connectivity index (χ4v) is 2.23. The monoisotopic (exact) mass is 313 g/mol. The van der Waals surface area contributed by atoms with Gasteiger partial charge in [-0.2, -0.15) is 4.80 Å². The van der Waals surface area contributed by atoms with Gasteiger partial charge in [-0.15, -0.1) is 10.2 Å². The van der Waals surface area contributed by atoms with Crippen LogP contribution < -0.4 is 5.32 Å². The van der Waals surface area contributed by atoms with Crippen molar-refractivity contribution in [2.75, 3.05) is 7.05 Å². The molecule has 2 rings (SSSR count). The van der Waals surface area contributed by atoms with Gasteiger partial charge >= 0.3 is 0 Å². The lowest BCUT2D eigenvalue weighted by Crippen LogP contribution is -2.19. The molecule has 0 aliphatic rings. The Kier molecular flexibility index (Phi) is 4.03. The number of hydrogen-bond acceptors (Lipinski definition) is 4. The first-order valence-corrected chi connectivity index (χ1v) is 6.24. The molecule has 1 unspecified atom stereocenters. The zero-order valence-electron chi connectivity index (χ0n) is 10.1. The molecule has 0 spiro atoms. The van der Waals surface area contributed by atoms with E-state index in [1.54, 1.807) is 7.05 Å². The highest BCUT2D eigenvalue weighted by Crippen LogP contribution is 2.22. The minimum Gasteiger partial charge on any atom is -0.313 e. The number of halogens is 2. The van der Waals surface area contributed by atoms with Crippen molar-refractivity contribution in [3.8, 4) is 0 Å². The van der Waals surface area contributed by atoms with Gasteiger partial charge in [0.25, 0.3) is 0 Å². The first kappa shape index (κ1) is 13.1. The number of nitrogens with zero attached hydrogens (tertiary/aromatic N) is 4. The van der Waals surface area contributed by atoms with Crippen LogP contribution in [0.25, 0.3) is 0 Å². The van der Waals surface area contributed by atoms with Crippen LogP contribution in [0.15, 0.2) is 22.7 Å². The number of aromatic nitrogens is 4. The number of rotatable bonds is 4. The molecule has 5 nitrogen and oxygen atoms in total. The second kappa shape index (κ2) is 5.53. The Morgan fingerprint density at radius 1 is 1.44 bits per heavy atom. The zero-order valence-corrected chi connectivity index (χ0v) is 11.6. The summed E-state index contributed by atoms with van der Waals surface area (Å²) in [6, 6.07) is 4.75. The third-order valence-electron chi connectivity index (χ3n) is 2.57. The molecule has 0 saturated carbocycles. The molecule has 96 valence electrons. The molecular formula is C11H13BrFN5. The van der Waals surface area contributed by atoms with Crippen LogP contribution in [-0.4, -0.2) is 27.3 Å². The maximum Gasteiger partial charge on any atom is 0.176 e. The van der Waals surface area contributed by atoms with E-state index in [1.165, 1.54) is 16.9 Å². The molecule has 0 saturated heterocycles. The Bertz CT molecular complexity index is 522. The summed E-state index contributed by atoms with van der Waals surface area (Å²) < 4.78 is 14.1. The number of tetrazole rings is 1. The van der Waals surface area contributed by atoms with Crippen molar-refractivity contribution >= 4 is 15.9 Å². The molecule has 0 bridgehead atoms. The van der Waals surface area contributed by atoms with Crippen molar-refractivity contribution in [2.24, 2.45) is 7.05 Å². The Morgan fingerprint density at radius 3 is 2.78 bits per heavy atom. The SMILES string of the molecule is CNC(Cc1nnn(C)n1)c1cc(F)cc(Br)c1. The van der Waals surface area contributed by atoms with E-state index in [0.717, 1.165) is 5.56 Å². The highest BCUT2D eigenvalue weighted by molar-refractivity contribution is 9.10. The Hall–Kier alpha value is -1.34. The van der Waals surface area contributed by atoms with E-state index < -0.39 is 0 Å². The second-order valence-corrected chi connectivity index (χ2v) is 4.86. The summed E-state index contributed by atoms with van der Waals surface area (Å²) in [4.78, 5) is 1.41. The van der Waals surface area contributed by atoms with Gasteiger partial charge in [0.15, 0.2) is 5.82 Å². The van der Waals surface area contributed by atoms with Gasteiger partial charge in [-0.05, 0) is 36.0 Å². The van der Waals surface area contributed by atoms with Crippen LogP contribution in [0, 0.1) is 5.82 Å². The summed E-state index contributed by atoms with van der Waals surface area (Å²) in [6.45, 7) is 0. The summed E-state index contributed by atoms with van der Waals surface area (Å²) in [5.41, 5.74) is 0.844. The van der Waals surface area contributed by atoms with Crippen LogP contribution in [0.2, 0.25) is 0 Å².